The number of ketones is 1. The van der Waals surface area contributed by atoms with E-state index < -0.39 is 5.41 Å². The van der Waals surface area contributed by atoms with Crippen LogP contribution in [-0.2, 0) is 11.3 Å². The number of Topliss-reactive ketones (excluding diaryl/α,β-unsaturated/α-hetero) is 1. The molecule has 1 aliphatic rings. The van der Waals surface area contributed by atoms with Crippen molar-refractivity contribution in [1.29, 1.82) is 0 Å². The zero-order valence-corrected chi connectivity index (χ0v) is 14.2. The minimum Gasteiger partial charge on any atom is -0.332 e. The maximum absolute atomic E-state index is 12.6. The standard InChI is InChI=1S/C16H26N4O2/c1-11(2)20(12-7-6-8-12)15(22)13-9-19(18-17-13)10-14(21)16(3,4)5/h9,11-12H,6-8,10H2,1-5H3. The first kappa shape index (κ1) is 16.6. The number of carbonyl (C=O) groups is 2. The van der Waals surface area contributed by atoms with Crippen molar-refractivity contribution in [1.82, 2.24) is 19.9 Å². The molecule has 0 unspecified atom stereocenters. The Hall–Kier alpha value is -1.72. The predicted molar refractivity (Wildman–Crippen MR) is 83.4 cm³/mol. The van der Waals surface area contributed by atoms with E-state index in [1.54, 1.807) is 6.20 Å². The highest BCUT2D eigenvalue weighted by Crippen LogP contribution is 2.27. The van der Waals surface area contributed by atoms with Gasteiger partial charge in [0.15, 0.2) is 11.5 Å². The van der Waals surface area contributed by atoms with E-state index in [2.05, 4.69) is 10.3 Å². The largest absolute Gasteiger partial charge is 0.332 e. The van der Waals surface area contributed by atoms with E-state index in [9.17, 15) is 9.59 Å². The van der Waals surface area contributed by atoms with Gasteiger partial charge in [-0.3, -0.25) is 9.59 Å². The van der Waals surface area contributed by atoms with Crippen LogP contribution in [0.1, 0.15) is 64.4 Å². The predicted octanol–water partition coefficient (Wildman–Crippen LogP) is 2.30. The first-order chi connectivity index (χ1) is 10.2. The molecule has 2 rings (SSSR count). The van der Waals surface area contributed by atoms with Gasteiger partial charge in [-0.15, -0.1) is 5.10 Å². The molecule has 1 aromatic rings. The molecule has 22 heavy (non-hydrogen) atoms. The van der Waals surface area contributed by atoms with Crippen LogP contribution >= 0.6 is 0 Å². The zero-order chi connectivity index (χ0) is 16.5. The van der Waals surface area contributed by atoms with Crippen molar-refractivity contribution < 1.29 is 9.59 Å². The summed E-state index contributed by atoms with van der Waals surface area (Å²) in [6, 6.07) is 0.452. The lowest BCUT2D eigenvalue weighted by Crippen LogP contribution is -2.48. The first-order valence-electron chi connectivity index (χ1n) is 7.96. The van der Waals surface area contributed by atoms with Gasteiger partial charge in [0, 0.05) is 17.5 Å². The summed E-state index contributed by atoms with van der Waals surface area (Å²) in [5.41, 5.74) is -0.103. The van der Waals surface area contributed by atoms with Gasteiger partial charge in [-0.1, -0.05) is 26.0 Å². The Morgan fingerprint density at radius 1 is 1.36 bits per heavy atom. The van der Waals surface area contributed by atoms with Gasteiger partial charge in [-0.25, -0.2) is 4.68 Å². The van der Waals surface area contributed by atoms with Gasteiger partial charge in [0.2, 0.25) is 0 Å². The van der Waals surface area contributed by atoms with Crippen molar-refractivity contribution in [2.45, 2.75) is 72.5 Å². The quantitative estimate of drug-likeness (QED) is 0.837. The summed E-state index contributed by atoms with van der Waals surface area (Å²) >= 11 is 0. The Bertz CT molecular complexity index is 553. The first-order valence-corrected chi connectivity index (χ1v) is 7.96. The normalized spacial score (nSPS) is 15.7. The molecule has 1 saturated carbocycles. The number of carbonyl (C=O) groups excluding carboxylic acids is 2. The third-order valence-corrected chi connectivity index (χ3v) is 4.16. The maximum atomic E-state index is 12.6. The van der Waals surface area contributed by atoms with Crippen LogP contribution in [-0.4, -0.2) is 43.7 Å². The number of aromatic nitrogens is 3. The lowest BCUT2D eigenvalue weighted by Gasteiger charge is -2.39. The molecule has 6 heteroatoms. The van der Waals surface area contributed by atoms with Crippen molar-refractivity contribution >= 4 is 11.7 Å². The van der Waals surface area contributed by atoms with Crippen LogP contribution in [0.25, 0.3) is 0 Å². The van der Waals surface area contributed by atoms with Crippen LogP contribution in [0.15, 0.2) is 6.20 Å². The summed E-state index contributed by atoms with van der Waals surface area (Å²) < 4.78 is 1.46. The van der Waals surface area contributed by atoms with Crippen LogP contribution in [0.2, 0.25) is 0 Å². The van der Waals surface area contributed by atoms with Gasteiger partial charge in [0.1, 0.15) is 6.54 Å². The molecule has 0 saturated heterocycles. The summed E-state index contributed by atoms with van der Waals surface area (Å²) in [6.07, 6.45) is 4.87. The molecule has 1 fully saturated rings. The molecule has 1 aromatic heterocycles. The summed E-state index contributed by atoms with van der Waals surface area (Å²) in [6.45, 7) is 9.79. The molecule has 0 aromatic carbocycles. The van der Waals surface area contributed by atoms with Gasteiger partial charge in [0.25, 0.3) is 5.91 Å². The number of hydrogen-bond acceptors (Lipinski definition) is 4. The van der Waals surface area contributed by atoms with Crippen LogP contribution in [0.3, 0.4) is 0 Å². The second kappa shape index (κ2) is 6.18. The van der Waals surface area contributed by atoms with Crippen LogP contribution in [0.4, 0.5) is 0 Å². The summed E-state index contributed by atoms with van der Waals surface area (Å²) in [5.74, 6) is -0.0229. The third-order valence-electron chi connectivity index (χ3n) is 4.16. The van der Waals surface area contributed by atoms with Crippen molar-refractivity contribution in [3.8, 4) is 0 Å². The average Bonchev–Trinajstić information content (AvgIpc) is 2.79. The lowest BCUT2D eigenvalue weighted by molar-refractivity contribution is -0.127. The van der Waals surface area contributed by atoms with Gasteiger partial charge in [-0.05, 0) is 33.1 Å². The molecular formula is C16H26N4O2. The lowest BCUT2D eigenvalue weighted by atomic mass is 9.90. The minimum absolute atomic E-state index is 0.0658. The monoisotopic (exact) mass is 306 g/mol. The molecule has 1 heterocycles. The summed E-state index contributed by atoms with van der Waals surface area (Å²) in [5, 5.41) is 7.90. The Balaban J connectivity index is 2.09. The Morgan fingerprint density at radius 2 is 2.00 bits per heavy atom. The van der Waals surface area contributed by atoms with E-state index >= 15 is 0 Å². The highest BCUT2D eigenvalue weighted by molar-refractivity contribution is 5.92. The average molecular weight is 306 g/mol. The SMILES string of the molecule is CC(C)N(C(=O)c1cn(CC(=O)C(C)(C)C)nn1)C1CCC1. The third kappa shape index (κ3) is 3.54. The second-order valence-electron chi connectivity index (χ2n) is 7.37. The molecule has 0 spiro atoms. The molecule has 1 amide bonds. The fourth-order valence-electron chi connectivity index (χ4n) is 2.48. The highest BCUT2D eigenvalue weighted by Gasteiger charge is 2.32. The van der Waals surface area contributed by atoms with E-state index in [0.29, 0.717) is 11.7 Å². The van der Waals surface area contributed by atoms with E-state index in [1.807, 2.05) is 39.5 Å². The number of rotatable bonds is 5. The number of nitrogens with zero attached hydrogens (tertiary/aromatic N) is 4. The van der Waals surface area contributed by atoms with E-state index in [0.717, 1.165) is 12.8 Å². The van der Waals surface area contributed by atoms with Crippen molar-refractivity contribution in [2.75, 3.05) is 0 Å². The molecule has 122 valence electrons. The minimum atomic E-state index is -0.425. The fourth-order valence-corrected chi connectivity index (χ4v) is 2.48. The van der Waals surface area contributed by atoms with Crippen molar-refractivity contribution in [2.24, 2.45) is 5.41 Å². The Morgan fingerprint density at radius 3 is 2.45 bits per heavy atom. The van der Waals surface area contributed by atoms with Gasteiger partial charge >= 0.3 is 0 Å². The van der Waals surface area contributed by atoms with Gasteiger partial charge in [-0.2, -0.15) is 0 Å². The maximum Gasteiger partial charge on any atom is 0.276 e. The molecule has 0 radical (unpaired) electrons. The molecule has 6 nitrogen and oxygen atoms in total. The zero-order valence-electron chi connectivity index (χ0n) is 14.2. The molecule has 0 bridgehead atoms. The smallest absolute Gasteiger partial charge is 0.276 e. The summed E-state index contributed by atoms with van der Waals surface area (Å²) in [4.78, 5) is 26.6. The van der Waals surface area contributed by atoms with Crippen molar-refractivity contribution in [3.05, 3.63) is 11.9 Å². The van der Waals surface area contributed by atoms with E-state index in [4.69, 9.17) is 0 Å². The van der Waals surface area contributed by atoms with Crippen LogP contribution in [0, 0.1) is 5.41 Å². The van der Waals surface area contributed by atoms with Gasteiger partial charge in [0.05, 0.1) is 6.20 Å². The molecule has 1 aliphatic carbocycles. The molecule has 0 aliphatic heterocycles. The Labute approximate surface area is 131 Å². The highest BCUT2D eigenvalue weighted by atomic mass is 16.2. The summed E-state index contributed by atoms with van der Waals surface area (Å²) in [7, 11) is 0. The Kier molecular flexibility index (Phi) is 4.68. The van der Waals surface area contributed by atoms with Crippen molar-refractivity contribution in [3.63, 3.8) is 0 Å². The second-order valence-corrected chi connectivity index (χ2v) is 7.37. The molecular weight excluding hydrogens is 280 g/mol. The van der Waals surface area contributed by atoms with E-state index in [1.165, 1.54) is 11.1 Å². The number of hydrogen-bond donors (Lipinski definition) is 0. The molecule has 0 N–H and O–H groups in total. The van der Waals surface area contributed by atoms with E-state index in [-0.39, 0.29) is 24.3 Å². The fraction of sp³-hybridized carbons (Fsp3) is 0.750. The van der Waals surface area contributed by atoms with Crippen LogP contribution < -0.4 is 0 Å². The molecule has 0 atom stereocenters. The number of amides is 1. The van der Waals surface area contributed by atoms with Gasteiger partial charge < -0.3 is 4.90 Å². The van der Waals surface area contributed by atoms with Crippen LogP contribution in [0.5, 0.6) is 0 Å². The topological polar surface area (TPSA) is 68.1 Å².